The lowest BCUT2D eigenvalue weighted by molar-refractivity contribution is -0.123. The molecular formula is C18H17ClN2O2. The van der Waals surface area contributed by atoms with Crippen molar-refractivity contribution in [1.29, 1.82) is 0 Å². The summed E-state index contributed by atoms with van der Waals surface area (Å²) < 4.78 is 5.39. The molecule has 0 saturated heterocycles. The Kier molecular flexibility index (Phi) is 4.93. The molecule has 4 nitrogen and oxygen atoms in total. The average Bonchev–Trinajstić information content (AvgIpc) is 2.59. The number of halogens is 1. The molecule has 0 unspecified atom stereocenters. The number of carbonyl (C=O) groups is 1. The molecule has 1 aliphatic carbocycles. The topological polar surface area (TPSA) is 50.7 Å². The number of hydrazone groups is 1. The number of hydrogen-bond acceptors (Lipinski definition) is 3. The van der Waals surface area contributed by atoms with Gasteiger partial charge >= 0.3 is 0 Å². The smallest absolute Gasteiger partial charge is 0.277 e. The van der Waals surface area contributed by atoms with Gasteiger partial charge in [-0.3, -0.25) is 4.79 Å². The van der Waals surface area contributed by atoms with Crippen molar-refractivity contribution in [3.63, 3.8) is 0 Å². The molecule has 5 heteroatoms. The maximum atomic E-state index is 11.9. The van der Waals surface area contributed by atoms with Gasteiger partial charge in [0.2, 0.25) is 0 Å². The zero-order valence-electron chi connectivity index (χ0n) is 12.6. The Morgan fingerprint density at radius 1 is 1.13 bits per heavy atom. The van der Waals surface area contributed by atoms with Crippen LogP contribution in [-0.2, 0) is 11.2 Å². The predicted molar refractivity (Wildman–Crippen MR) is 91.0 cm³/mol. The van der Waals surface area contributed by atoms with E-state index in [1.54, 1.807) is 18.2 Å². The lowest BCUT2D eigenvalue weighted by Gasteiger charge is -2.17. The van der Waals surface area contributed by atoms with E-state index in [-0.39, 0.29) is 12.5 Å². The highest BCUT2D eigenvalue weighted by molar-refractivity contribution is 6.32. The third kappa shape index (κ3) is 3.90. The summed E-state index contributed by atoms with van der Waals surface area (Å²) >= 11 is 5.98. The first-order valence-corrected chi connectivity index (χ1v) is 7.93. The maximum Gasteiger partial charge on any atom is 0.277 e. The fourth-order valence-corrected chi connectivity index (χ4v) is 2.77. The van der Waals surface area contributed by atoms with Crippen molar-refractivity contribution < 1.29 is 9.53 Å². The molecule has 0 radical (unpaired) electrons. The number of nitrogens with zero attached hydrogens (tertiary/aromatic N) is 1. The highest BCUT2D eigenvalue weighted by Crippen LogP contribution is 2.23. The van der Waals surface area contributed by atoms with E-state index in [0.29, 0.717) is 10.8 Å². The van der Waals surface area contributed by atoms with Gasteiger partial charge in [-0.1, -0.05) is 48.0 Å². The summed E-state index contributed by atoms with van der Waals surface area (Å²) in [6.07, 6.45) is 2.96. The van der Waals surface area contributed by atoms with Gasteiger partial charge in [-0.2, -0.15) is 5.10 Å². The molecule has 0 saturated carbocycles. The van der Waals surface area contributed by atoms with E-state index >= 15 is 0 Å². The summed E-state index contributed by atoms with van der Waals surface area (Å²) in [5.74, 6) is 0.181. The number of para-hydroxylation sites is 1. The molecule has 0 fully saturated rings. The molecule has 2 aromatic rings. The Balaban J connectivity index is 1.60. The third-order valence-corrected chi connectivity index (χ3v) is 4.01. The molecule has 118 valence electrons. The van der Waals surface area contributed by atoms with E-state index < -0.39 is 0 Å². The van der Waals surface area contributed by atoms with Gasteiger partial charge in [0.1, 0.15) is 5.75 Å². The second-order valence-corrected chi connectivity index (χ2v) is 5.73. The van der Waals surface area contributed by atoms with Crippen LogP contribution in [0.5, 0.6) is 5.75 Å². The van der Waals surface area contributed by atoms with Crippen molar-refractivity contribution in [2.75, 3.05) is 6.61 Å². The van der Waals surface area contributed by atoms with Gasteiger partial charge < -0.3 is 4.74 Å². The van der Waals surface area contributed by atoms with Crippen molar-refractivity contribution in [2.24, 2.45) is 5.10 Å². The molecule has 23 heavy (non-hydrogen) atoms. The van der Waals surface area contributed by atoms with E-state index in [1.165, 1.54) is 5.56 Å². The molecule has 0 aliphatic heterocycles. The van der Waals surface area contributed by atoms with Gasteiger partial charge in [-0.25, -0.2) is 5.43 Å². The third-order valence-electron chi connectivity index (χ3n) is 3.70. The van der Waals surface area contributed by atoms with E-state index in [2.05, 4.69) is 16.6 Å². The monoisotopic (exact) mass is 328 g/mol. The molecule has 0 spiro atoms. The summed E-state index contributed by atoms with van der Waals surface area (Å²) in [5, 5.41) is 4.74. The molecule has 2 aromatic carbocycles. The molecule has 0 bridgehead atoms. The second kappa shape index (κ2) is 7.29. The predicted octanol–water partition coefficient (Wildman–Crippen LogP) is 3.58. The first kappa shape index (κ1) is 15.6. The summed E-state index contributed by atoms with van der Waals surface area (Å²) in [5.41, 5.74) is 5.87. The normalized spacial score (nSPS) is 15.1. The quantitative estimate of drug-likeness (QED) is 0.872. The summed E-state index contributed by atoms with van der Waals surface area (Å²) in [4.78, 5) is 11.9. The van der Waals surface area contributed by atoms with Gasteiger partial charge in [0.05, 0.1) is 10.7 Å². The van der Waals surface area contributed by atoms with Crippen LogP contribution in [0.1, 0.15) is 24.0 Å². The summed E-state index contributed by atoms with van der Waals surface area (Å²) in [6.45, 7) is -0.123. The van der Waals surface area contributed by atoms with Crippen LogP contribution in [0.4, 0.5) is 0 Å². The molecule has 0 atom stereocenters. The Bertz CT molecular complexity index is 743. The Morgan fingerprint density at radius 3 is 2.78 bits per heavy atom. The van der Waals surface area contributed by atoms with Gasteiger partial charge in [-0.05, 0) is 37.0 Å². The van der Waals surface area contributed by atoms with Crippen LogP contribution in [0.25, 0.3) is 0 Å². The Hall–Kier alpha value is -2.33. The number of amides is 1. The van der Waals surface area contributed by atoms with Crippen LogP contribution in [0.15, 0.2) is 53.6 Å². The van der Waals surface area contributed by atoms with Crippen molar-refractivity contribution in [2.45, 2.75) is 19.3 Å². The zero-order chi connectivity index (χ0) is 16.1. The van der Waals surface area contributed by atoms with Crippen LogP contribution in [-0.4, -0.2) is 18.2 Å². The van der Waals surface area contributed by atoms with Crippen LogP contribution in [0.3, 0.4) is 0 Å². The molecule has 1 amide bonds. The number of hydrogen-bond donors (Lipinski definition) is 1. The number of aryl methyl sites for hydroxylation is 1. The highest BCUT2D eigenvalue weighted by atomic mass is 35.5. The van der Waals surface area contributed by atoms with Gasteiger partial charge in [0.25, 0.3) is 5.91 Å². The van der Waals surface area contributed by atoms with Crippen LogP contribution in [0, 0.1) is 0 Å². The van der Waals surface area contributed by atoms with Gasteiger partial charge in [0, 0.05) is 5.56 Å². The van der Waals surface area contributed by atoms with Crippen molar-refractivity contribution in [1.82, 2.24) is 5.43 Å². The minimum atomic E-state index is -0.305. The van der Waals surface area contributed by atoms with Gasteiger partial charge in [0.15, 0.2) is 6.61 Å². The SMILES string of the molecule is O=C(COc1ccccc1Cl)NN=C1CCCc2ccccc21. The molecule has 1 aliphatic rings. The van der Waals surface area contributed by atoms with E-state index in [4.69, 9.17) is 16.3 Å². The molecule has 1 N–H and O–H groups in total. The molecule has 3 rings (SSSR count). The number of carbonyl (C=O) groups excluding carboxylic acids is 1. The van der Waals surface area contributed by atoms with E-state index in [0.717, 1.165) is 30.5 Å². The minimum absolute atomic E-state index is 0.123. The van der Waals surface area contributed by atoms with Crippen LogP contribution in [0.2, 0.25) is 5.02 Å². The number of benzene rings is 2. The first-order valence-electron chi connectivity index (χ1n) is 7.55. The van der Waals surface area contributed by atoms with Crippen molar-refractivity contribution in [3.05, 3.63) is 64.7 Å². The lowest BCUT2D eigenvalue weighted by Crippen LogP contribution is -2.27. The second-order valence-electron chi connectivity index (χ2n) is 5.32. The molecule has 0 heterocycles. The maximum absolute atomic E-state index is 11.9. The first-order chi connectivity index (χ1) is 11.2. The standard InChI is InChI=1S/C18H17ClN2O2/c19-15-9-3-4-11-17(15)23-12-18(22)21-20-16-10-5-7-13-6-1-2-8-14(13)16/h1-4,6,8-9,11H,5,7,10,12H2,(H,21,22). The molecular weight excluding hydrogens is 312 g/mol. The van der Waals surface area contributed by atoms with Crippen LogP contribution < -0.4 is 10.2 Å². The fourth-order valence-electron chi connectivity index (χ4n) is 2.58. The fraction of sp³-hybridized carbons (Fsp3) is 0.222. The molecule has 0 aromatic heterocycles. The Labute approximate surface area is 140 Å². The highest BCUT2D eigenvalue weighted by Gasteiger charge is 2.15. The zero-order valence-corrected chi connectivity index (χ0v) is 13.3. The number of ether oxygens (including phenoxy) is 1. The van der Waals surface area contributed by atoms with Crippen molar-refractivity contribution in [3.8, 4) is 5.75 Å². The number of nitrogens with one attached hydrogen (secondary N) is 1. The average molecular weight is 329 g/mol. The van der Waals surface area contributed by atoms with Crippen LogP contribution >= 0.6 is 11.6 Å². The lowest BCUT2D eigenvalue weighted by atomic mass is 9.90. The van der Waals surface area contributed by atoms with Crippen molar-refractivity contribution >= 4 is 23.2 Å². The summed E-state index contributed by atoms with van der Waals surface area (Å²) in [6, 6.07) is 15.2. The summed E-state index contributed by atoms with van der Waals surface area (Å²) in [7, 11) is 0. The van der Waals surface area contributed by atoms with Gasteiger partial charge in [-0.15, -0.1) is 0 Å². The minimum Gasteiger partial charge on any atom is -0.482 e. The number of rotatable bonds is 4. The largest absolute Gasteiger partial charge is 0.482 e. The van der Waals surface area contributed by atoms with E-state index in [1.807, 2.05) is 24.3 Å². The van der Waals surface area contributed by atoms with E-state index in [9.17, 15) is 4.79 Å². The number of fused-ring (bicyclic) bond motifs is 1. The Morgan fingerprint density at radius 2 is 1.91 bits per heavy atom.